The van der Waals surface area contributed by atoms with E-state index in [4.69, 9.17) is 4.74 Å². The second kappa shape index (κ2) is 10.4. The van der Waals surface area contributed by atoms with E-state index in [2.05, 4.69) is 39.5 Å². The van der Waals surface area contributed by atoms with Gasteiger partial charge in [0.2, 0.25) is 5.91 Å². The monoisotopic (exact) mass is 433 g/mol. The lowest BCUT2D eigenvalue weighted by atomic mass is 10.0. The first kappa shape index (κ1) is 22.0. The Morgan fingerprint density at radius 1 is 1.16 bits per heavy atom. The van der Waals surface area contributed by atoms with Crippen molar-refractivity contribution in [2.75, 3.05) is 6.54 Å². The van der Waals surface area contributed by atoms with Crippen LogP contribution >= 0.6 is 0 Å². The predicted molar refractivity (Wildman–Crippen MR) is 121 cm³/mol. The van der Waals surface area contributed by atoms with Crippen molar-refractivity contribution in [3.63, 3.8) is 0 Å². The zero-order valence-electron chi connectivity index (χ0n) is 18.3. The molecular formula is C26H28FN3O2. The Balaban J connectivity index is 1.40. The lowest BCUT2D eigenvalue weighted by Gasteiger charge is -2.25. The van der Waals surface area contributed by atoms with E-state index in [1.165, 1.54) is 30.2 Å². The molecule has 32 heavy (non-hydrogen) atoms. The van der Waals surface area contributed by atoms with Gasteiger partial charge in [-0.1, -0.05) is 24.3 Å². The first-order valence-electron chi connectivity index (χ1n) is 11.0. The summed E-state index contributed by atoms with van der Waals surface area (Å²) in [6, 6.07) is 19.0. The van der Waals surface area contributed by atoms with Crippen LogP contribution in [0.3, 0.4) is 0 Å². The molecule has 1 atom stereocenters. The van der Waals surface area contributed by atoms with Crippen LogP contribution in [0, 0.1) is 5.82 Å². The zero-order valence-corrected chi connectivity index (χ0v) is 18.3. The Morgan fingerprint density at radius 3 is 2.81 bits per heavy atom. The third-order valence-electron chi connectivity index (χ3n) is 5.71. The van der Waals surface area contributed by atoms with Crippen LogP contribution in [0.2, 0.25) is 0 Å². The molecule has 1 aliphatic heterocycles. The van der Waals surface area contributed by atoms with E-state index in [1.54, 1.807) is 12.1 Å². The van der Waals surface area contributed by atoms with E-state index in [-0.39, 0.29) is 11.7 Å². The largest absolute Gasteiger partial charge is 0.489 e. The summed E-state index contributed by atoms with van der Waals surface area (Å²) in [4.78, 5) is 18.1. The summed E-state index contributed by atoms with van der Waals surface area (Å²) in [6.45, 7) is 4.24. The summed E-state index contributed by atoms with van der Waals surface area (Å²) >= 11 is 0. The molecule has 1 saturated heterocycles. The van der Waals surface area contributed by atoms with E-state index in [0.29, 0.717) is 19.2 Å². The van der Waals surface area contributed by atoms with E-state index in [0.717, 1.165) is 42.9 Å². The Bertz CT molecular complexity index is 1050. The van der Waals surface area contributed by atoms with E-state index >= 15 is 0 Å². The van der Waals surface area contributed by atoms with Gasteiger partial charge in [0.15, 0.2) is 0 Å². The summed E-state index contributed by atoms with van der Waals surface area (Å²) < 4.78 is 19.0. The molecule has 1 aromatic heterocycles. The molecule has 6 heteroatoms. The number of halogens is 1. The number of pyridine rings is 1. The van der Waals surface area contributed by atoms with Gasteiger partial charge in [0, 0.05) is 25.7 Å². The van der Waals surface area contributed by atoms with Crippen molar-refractivity contribution in [3.8, 4) is 5.75 Å². The number of amides is 1. The van der Waals surface area contributed by atoms with Crippen molar-refractivity contribution in [1.82, 2.24) is 15.2 Å². The van der Waals surface area contributed by atoms with Crippen LogP contribution in [0.1, 0.15) is 48.2 Å². The first-order valence-corrected chi connectivity index (χ1v) is 11.0. The summed E-state index contributed by atoms with van der Waals surface area (Å²) in [5.41, 5.74) is 4.24. The first-order chi connectivity index (χ1) is 15.6. The van der Waals surface area contributed by atoms with E-state index < -0.39 is 0 Å². The molecule has 2 heterocycles. The second-order valence-corrected chi connectivity index (χ2v) is 8.18. The average Bonchev–Trinajstić information content (AvgIpc) is 3.26. The van der Waals surface area contributed by atoms with Crippen molar-refractivity contribution in [2.45, 2.75) is 45.5 Å². The maximum Gasteiger partial charge on any atom is 0.217 e. The normalized spacial score (nSPS) is 16.1. The van der Waals surface area contributed by atoms with Crippen LogP contribution in [-0.2, 0) is 24.5 Å². The minimum atomic E-state index is -0.243. The molecular weight excluding hydrogens is 405 g/mol. The quantitative estimate of drug-likeness (QED) is 0.556. The Hall–Kier alpha value is -3.25. The summed E-state index contributed by atoms with van der Waals surface area (Å²) in [5, 5.41) is 2.82. The maximum atomic E-state index is 13.1. The molecule has 166 valence electrons. The topological polar surface area (TPSA) is 54.5 Å². The maximum absolute atomic E-state index is 13.1. The van der Waals surface area contributed by atoms with Crippen LogP contribution < -0.4 is 10.1 Å². The molecule has 0 aliphatic carbocycles. The number of carbonyl (C=O) groups excluding carboxylic acids is 1. The Labute approximate surface area is 188 Å². The lowest BCUT2D eigenvalue weighted by molar-refractivity contribution is -0.119. The van der Waals surface area contributed by atoms with Gasteiger partial charge in [-0.2, -0.15) is 0 Å². The molecule has 0 radical (unpaired) electrons. The number of nitrogens with one attached hydrogen (secondary N) is 1. The fraction of sp³-hybridized carbons (Fsp3) is 0.308. The molecule has 1 aliphatic rings. The fourth-order valence-electron chi connectivity index (χ4n) is 4.12. The highest BCUT2D eigenvalue weighted by atomic mass is 19.1. The SMILES string of the molecule is CC(=O)NCc1cc([C@@H]2CCCN2Cc2cccc(OCc3ccc(F)cc3)c2)ccn1. The number of ether oxygens (including phenoxy) is 1. The van der Waals surface area contributed by atoms with Crippen molar-refractivity contribution in [1.29, 1.82) is 0 Å². The predicted octanol–water partition coefficient (Wildman–Crippen LogP) is 4.77. The zero-order chi connectivity index (χ0) is 22.3. The molecule has 0 bridgehead atoms. The van der Waals surface area contributed by atoms with Crippen molar-refractivity contribution < 1.29 is 13.9 Å². The van der Waals surface area contributed by atoms with Gasteiger partial charge in [-0.05, 0) is 72.5 Å². The standard InChI is InChI=1S/C26H28FN3O2/c1-19(31)29-16-24-15-22(11-12-28-24)26-6-3-13-30(26)17-21-4-2-5-25(14-21)32-18-20-7-9-23(27)10-8-20/h2,4-5,7-12,14-15,26H,3,6,13,16-18H2,1H3,(H,29,31)/t26-/m0/s1. The van der Waals surface area contributed by atoms with Gasteiger partial charge in [0.05, 0.1) is 12.2 Å². The van der Waals surface area contributed by atoms with E-state index in [9.17, 15) is 9.18 Å². The minimum absolute atomic E-state index is 0.0544. The third kappa shape index (κ3) is 5.92. The average molecular weight is 434 g/mol. The molecule has 3 aromatic rings. The number of likely N-dealkylation sites (tertiary alicyclic amines) is 1. The number of hydrogen-bond acceptors (Lipinski definition) is 4. The highest BCUT2D eigenvalue weighted by Crippen LogP contribution is 2.33. The van der Waals surface area contributed by atoms with Crippen molar-refractivity contribution in [3.05, 3.63) is 95.1 Å². The molecule has 1 amide bonds. The molecule has 5 nitrogen and oxygen atoms in total. The van der Waals surface area contributed by atoms with Gasteiger partial charge in [-0.3, -0.25) is 14.7 Å². The Morgan fingerprint density at radius 2 is 2.00 bits per heavy atom. The number of benzene rings is 2. The van der Waals surface area contributed by atoms with Crippen LogP contribution in [0.5, 0.6) is 5.75 Å². The third-order valence-corrected chi connectivity index (χ3v) is 5.71. The van der Waals surface area contributed by atoms with Gasteiger partial charge >= 0.3 is 0 Å². The van der Waals surface area contributed by atoms with Crippen molar-refractivity contribution >= 4 is 5.91 Å². The Kier molecular flexibility index (Phi) is 7.12. The van der Waals surface area contributed by atoms with Gasteiger partial charge in [0.25, 0.3) is 0 Å². The molecule has 0 saturated carbocycles. The number of aromatic nitrogens is 1. The van der Waals surface area contributed by atoms with Crippen LogP contribution in [0.4, 0.5) is 4.39 Å². The highest BCUT2D eigenvalue weighted by Gasteiger charge is 2.26. The molecule has 4 rings (SSSR count). The molecule has 1 fully saturated rings. The number of carbonyl (C=O) groups is 1. The van der Waals surface area contributed by atoms with Gasteiger partial charge < -0.3 is 10.1 Å². The molecule has 1 N–H and O–H groups in total. The fourth-order valence-corrected chi connectivity index (χ4v) is 4.12. The van der Waals surface area contributed by atoms with Gasteiger partial charge in [0.1, 0.15) is 18.2 Å². The number of hydrogen-bond donors (Lipinski definition) is 1. The smallest absolute Gasteiger partial charge is 0.217 e. The summed E-state index contributed by atoms with van der Waals surface area (Å²) in [6.07, 6.45) is 4.08. The number of nitrogens with zero attached hydrogens (tertiary/aromatic N) is 2. The molecule has 0 spiro atoms. The van der Waals surface area contributed by atoms with Crippen molar-refractivity contribution in [2.24, 2.45) is 0 Å². The summed E-state index contributed by atoms with van der Waals surface area (Å²) in [5.74, 6) is 0.512. The van der Waals surface area contributed by atoms with Crippen LogP contribution in [0.15, 0.2) is 66.9 Å². The molecule has 0 unspecified atom stereocenters. The van der Waals surface area contributed by atoms with E-state index in [1.807, 2.05) is 18.3 Å². The van der Waals surface area contributed by atoms with Gasteiger partial charge in [-0.25, -0.2) is 4.39 Å². The van der Waals surface area contributed by atoms with Crippen LogP contribution in [0.25, 0.3) is 0 Å². The minimum Gasteiger partial charge on any atom is -0.489 e. The highest BCUT2D eigenvalue weighted by molar-refractivity contribution is 5.72. The van der Waals surface area contributed by atoms with Gasteiger partial charge in [-0.15, -0.1) is 0 Å². The molecule has 2 aromatic carbocycles. The second-order valence-electron chi connectivity index (χ2n) is 8.18. The lowest BCUT2D eigenvalue weighted by Crippen LogP contribution is -2.23. The number of rotatable bonds is 8. The van der Waals surface area contributed by atoms with Crippen LogP contribution in [-0.4, -0.2) is 22.3 Å². The summed E-state index contributed by atoms with van der Waals surface area (Å²) in [7, 11) is 0.